The maximum absolute atomic E-state index is 10.9. The largest absolute Gasteiger partial charge is 0.357 e. The van der Waals surface area contributed by atoms with Crippen molar-refractivity contribution in [1.82, 2.24) is 4.90 Å². The van der Waals surface area contributed by atoms with E-state index in [1.54, 1.807) is 6.92 Å². The molecule has 0 spiro atoms. The van der Waals surface area contributed by atoms with Crippen molar-refractivity contribution < 1.29 is 4.79 Å². The van der Waals surface area contributed by atoms with Crippen molar-refractivity contribution >= 4 is 12.1 Å². The third-order valence-corrected chi connectivity index (χ3v) is 3.54. The highest BCUT2D eigenvalue weighted by molar-refractivity contribution is 5.79. The van der Waals surface area contributed by atoms with Crippen molar-refractivity contribution in [3.63, 3.8) is 0 Å². The van der Waals surface area contributed by atoms with E-state index >= 15 is 0 Å². The summed E-state index contributed by atoms with van der Waals surface area (Å²) in [6.07, 6.45) is 11.3. The Morgan fingerprint density at radius 2 is 2.11 bits per heavy atom. The lowest BCUT2D eigenvalue weighted by Gasteiger charge is -2.37. The SMILES string of the molecule is C=CCC(C)N(C=NCC(C)=O)C1CCCCC1. The number of ketones is 1. The van der Waals surface area contributed by atoms with Crippen LogP contribution in [0, 0.1) is 0 Å². The lowest BCUT2D eigenvalue weighted by Crippen LogP contribution is -2.41. The monoisotopic (exact) mass is 250 g/mol. The quantitative estimate of drug-likeness (QED) is 0.395. The zero-order valence-electron chi connectivity index (χ0n) is 11.8. The van der Waals surface area contributed by atoms with Crippen LogP contribution < -0.4 is 0 Å². The van der Waals surface area contributed by atoms with Crippen molar-refractivity contribution in [2.24, 2.45) is 4.99 Å². The zero-order chi connectivity index (χ0) is 13.4. The van der Waals surface area contributed by atoms with Gasteiger partial charge < -0.3 is 4.90 Å². The summed E-state index contributed by atoms with van der Waals surface area (Å²) in [5.41, 5.74) is 0. The summed E-state index contributed by atoms with van der Waals surface area (Å²) in [4.78, 5) is 17.6. The second-order valence-electron chi connectivity index (χ2n) is 5.27. The molecule has 0 saturated heterocycles. The van der Waals surface area contributed by atoms with Crippen molar-refractivity contribution in [3.05, 3.63) is 12.7 Å². The van der Waals surface area contributed by atoms with Gasteiger partial charge in [0.15, 0.2) is 5.78 Å². The minimum absolute atomic E-state index is 0.117. The average molecular weight is 250 g/mol. The Hall–Kier alpha value is -1.12. The first-order chi connectivity index (χ1) is 8.65. The average Bonchev–Trinajstić information content (AvgIpc) is 2.35. The summed E-state index contributed by atoms with van der Waals surface area (Å²) in [6.45, 7) is 7.89. The molecule has 1 rings (SSSR count). The fourth-order valence-corrected chi connectivity index (χ4v) is 2.57. The summed E-state index contributed by atoms with van der Waals surface area (Å²) < 4.78 is 0. The molecule has 0 aromatic heterocycles. The van der Waals surface area contributed by atoms with Crippen LogP contribution in [0.1, 0.15) is 52.4 Å². The molecule has 3 heteroatoms. The number of carbonyl (C=O) groups is 1. The van der Waals surface area contributed by atoms with Crippen LogP contribution in [0.15, 0.2) is 17.6 Å². The standard InChI is InChI=1S/C15H26N2O/c1-4-8-13(2)17(12-16-11-14(3)18)15-9-6-5-7-10-15/h4,12-13,15H,1,5-11H2,2-3H3. The van der Waals surface area contributed by atoms with E-state index in [4.69, 9.17) is 0 Å². The first kappa shape index (κ1) is 14.9. The number of Topliss-reactive ketones (excluding diaryl/α,β-unsaturated/α-hetero) is 1. The van der Waals surface area contributed by atoms with E-state index in [0.29, 0.717) is 18.6 Å². The minimum Gasteiger partial charge on any atom is -0.357 e. The van der Waals surface area contributed by atoms with Gasteiger partial charge in [-0.2, -0.15) is 0 Å². The Balaban J connectivity index is 2.63. The number of aliphatic imine (C=N–C) groups is 1. The van der Waals surface area contributed by atoms with E-state index in [2.05, 4.69) is 23.4 Å². The number of carbonyl (C=O) groups excluding carboxylic acids is 1. The van der Waals surface area contributed by atoms with Crippen LogP contribution in [0.3, 0.4) is 0 Å². The molecule has 1 unspecified atom stereocenters. The number of hydrogen-bond acceptors (Lipinski definition) is 2. The zero-order valence-corrected chi connectivity index (χ0v) is 11.8. The maximum Gasteiger partial charge on any atom is 0.151 e. The molecule has 0 heterocycles. The van der Waals surface area contributed by atoms with Gasteiger partial charge in [0.1, 0.15) is 0 Å². The van der Waals surface area contributed by atoms with Crippen molar-refractivity contribution in [2.75, 3.05) is 6.54 Å². The van der Waals surface area contributed by atoms with E-state index in [1.165, 1.54) is 32.1 Å². The van der Waals surface area contributed by atoms with Gasteiger partial charge in [-0.1, -0.05) is 25.3 Å². The third-order valence-electron chi connectivity index (χ3n) is 3.54. The first-order valence-corrected chi connectivity index (χ1v) is 7.03. The van der Waals surface area contributed by atoms with Gasteiger partial charge in [0.05, 0.1) is 12.9 Å². The number of nitrogens with zero attached hydrogens (tertiary/aromatic N) is 2. The van der Waals surface area contributed by atoms with Crippen LogP contribution in [0.2, 0.25) is 0 Å². The lowest BCUT2D eigenvalue weighted by atomic mass is 9.93. The summed E-state index contributed by atoms with van der Waals surface area (Å²) in [7, 11) is 0. The third kappa shape index (κ3) is 5.03. The van der Waals surface area contributed by atoms with Gasteiger partial charge in [-0.05, 0) is 33.1 Å². The molecule has 102 valence electrons. The topological polar surface area (TPSA) is 32.7 Å². The van der Waals surface area contributed by atoms with Gasteiger partial charge >= 0.3 is 0 Å². The van der Waals surface area contributed by atoms with Crippen molar-refractivity contribution in [3.8, 4) is 0 Å². The molecule has 0 aliphatic heterocycles. The molecule has 1 atom stereocenters. The van der Waals surface area contributed by atoms with Crippen LogP contribution in [-0.4, -0.2) is 35.7 Å². The fourth-order valence-electron chi connectivity index (χ4n) is 2.57. The second-order valence-corrected chi connectivity index (χ2v) is 5.27. The highest BCUT2D eigenvalue weighted by Crippen LogP contribution is 2.24. The normalized spacial score (nSPS) is 18.8. The van der Waals surface area contributed by atoms with Crippen LogP contribution in [0.25, 0.3) is 0 Å². The van der Waals surface area contributed by atoms with Crippen LogP contribution in [-0.2, 0) is 4.79 Å². The lowest BCUT2D eigenvalue weighted by molar-refractivity contribution is -0.115. The second kappa shape index (κ2) is 8.06. The fraction of sp³-hybridized carbons (Fsp3) is 0.733. The van der Waals surface area contributed by atoms with Crippen LogP contribution in [0.5, 0.6) is 0 Å². The molecule has 1 fully saturated rings. The summed E-state index contributed by atoms with van der Waals surface area (Å²) in [5, 5.41) is 0. The molecular weight excluding hydrogens is 224 g/mol. The molecule has 1 saturated carbocycles. The predicted molar refractivity (Wildman–Crippen MR) is 77.0 cm³/mol. The highest BCUT2D eigenvalue weighted by Gasteiger charge is 2.22. The number of hydrogen-bond donors (Lipinski definition) is 0. The molecule has 1 aliphatic rings. The van der Waals surface area contributed by atoms with Crippen molar-refractivity contribution in [2.45, 2.75) is 64.5 Å². The first-order valence-electron chi connectivity index (χ1n) is 7.03. The molecule has 3 nitrogen and oxygen atoms in total. The van der Waals surface area contributed by atoms with Gasteiger partial charge in [0.2, 0.25) is 0 Å². The van der Waals surface area contributed by atoms with E-state index in [-0.39, 0.29) is 5.78 Å². The molecule has 0 N–H and O–H groups in total. The Labute approximate surface area is 111 Å². The smallest absolute Gasteiger partial charge is 0.151 e. The van der Waals surface area contributed by atoms with Gasteiger partial charge in [0.25, 0.3) is 0 Å². The van der Waals surface area contributed by atoms with E-state index in [9.17, 15) is 4.79 Å². The molecule has 0 amide bonds. The molecule has 18 heavy (non-hydrogen) atoms. The summed E-state index contributed by atoms with van der Waals surface area (Å²) in [5.74, 6) is 0.117. The Morgan fingerprint density at radius 3 is 2.67 bits per heavy atom. The highest BCUT2D eigenvalue weighted by atomic mass is 16.1. The van der Waals surface area contributed by atoms with Gasteiger partial charge in [-0.25, -0.2) is 0 Å². The Kier molecular flexibility index (Phi) is 6.69. The van der Waals surface area contributed by atoms with Crippen molar-refractivity contribution in [1.29, 1.82) is 0 Å². The van der Waals surface area contributed by atoms with Crippen LogP contribution >= 0.6 is 0 Å². The van der Waals surface area contributed by atoms with E-state index in [0.717, 1.165) is 6.42 Å². The Morgan fingerprint density at radius 1 is 1.44 bits per heavy atom. The summed E-state index contributed by atoms with van der Waals surface area (Å²) >= 11 is 0. The van der Waals surface area contributed by atoms with E-state index in [1.807, 2.05) is 12.4 Å². The van der Waals surface area contributed by atoms with Crippen LogP contribution in [0.4, 0.5) is 0 Å². The summed E-state index contributed by atoms with van der Waals surface area (Å²) in [6, 6.07) is 1.01. The maximum atomic E-state index is 10.9. The van der Waals surface area contributed by atoms with E-state index < -0.39 is 0 Å². The minimum atomic E-state index is 0.117. The Bertz CT molecular complexity index is 293. The molecule has 0 radical (unpaired) electrons. The molecule has 0 aromatic carbocycles. The van der Waals surface area contributed by atoms with Gasteiger partial charge in [-0.15, -0.1) is 6.58 Å². The van der Waals surface area contributed by atoms with Gasteiger partial charge in [0, 0.05) is 12.1 Å². The molecule has 0 aromatic rings. The molecular formula is C15H26N2O. The molecule has 1 aliphatic carbocycles. The van der Waals surface area contributed by atoms with Gasteiger partial charge in [-0.3, -0.25) is 9.79 Å². The predicted octanol–water partition coefficient (Wildman–Crippen LogP) is 3.20. The number of rotatable bonds is 7. The molecule has 0 bridgehead atoms.